The zero-order valence-electron chi connectivity index (χ0n) is 15.0. The highest BCUT2D eigenvalue weighted by Crippen LogP contribution is 2.49. The molecule has 3 rings (SSSR count). The summed E-state index contributed by atoms with van der Waals surface area (Å²) in [7, 11) is 0. The predicted octanol–water partition coefficient (Wildman–Crippen LogP) is 3.62. The fourth-order valence-electron chi connectivity index (χ4n) is 2.77. The van der Waals surface area contributed by atoms with E-state index in [-0.39, 0.29) is 23.6 Å². The number of hydrogen-bond donors (Lipinski definition) is 2. The molecule has 1 amide bonds. The summed E-state index contributed by atoms with van der Waals surface area (Å²) in [6, 6.07) is 5.36. The van der Waals surface area contributed by atoms with E-state index in [1.165, 1.54) is 6.92 Å². The second-order valence-electron chi connectivity index (χ2n) is 6.65. The van der Waals surface area contributed by atoms with Gasteiger partial charge in [0, 0.05) is 49.5 Å². The van der Waals surface area contributed by atoms with Gasteiger partial charge in [0.05, 0.1) is 12.0 Å². The van der Waals surface area contributed by atoms with Crippen molar-refractivity contribution in [3.8, 4) is 6.07 Å². The number of hydrogen-bond acceptors (Lipinski definition) is 6. The van der Waals surface area contributed by atoms with Crippen molar-refractivity contribution in [2.24, 2.45) is 5.92 Å². The molecule has 0 radical (unpaired) electrons. The van der Waals surface area contributed by atoms with E-state index in [2.05, 4.69) is 31.7 Å². The van der Waals surface area contributed by atoms with Crippen LogP contribution in [0.3, 0.4) is 0 Å². The largest absolute Gasteiger partial charge is 0.340 e. The number of carbonyl (C=O) groups excluding carboxylic acids is 1. The second-order valence-corrected chi connectivity index (χ2v) is 6.65. The van der Waals surface area contributed by atoms with Crippen molar-refractivity contribution in [1.82, 2.24) is 15.0 Å². The van der Waals surface area contributed by atoms with Crippen LogP contribution in [-0.4, -0.2) is 20.9 Å². The zero-order valence-corrected chi connectivity index (χ0v) is 15.0. The Labute approximate surface area is 154 Å². The summed E-state index contributed by atoms with van der Waals surface area (Å²) in [6.45, 7) is 3.70. The highest BCUT2D eigenvalue weighted by molar-refractivity contribution is 5.88. The number of alkyl halides is 2. The molecular formula is C18H18F2N6O. The molecule has 140 valence electrons. The van der Waals surface area contributed by atoms with Gasteiger partial charge in [0.1, 0.15) is 11.6 Å². The van der Waals surface area contributed by atoms with Gasteiger partial charge in [-0.1, -0.05) is 0 Å². The molecule has 0 bridgehead atoms. The molecule has 1 fully saturated rings. The first-order valence-electron chi connectivity index (χ1n) is 8.35. The lowest BCUT2D eigenvalue weighted by molar-refractivity contribution is -0.114. The number of carbonyl (C=O) groups is 1. The normalized spacial score (nSPS) is 18.5. The molecule has 2 aromatic rings. The van der Waals surface area contributed by atoms with Crippen LogP contribution in [0.25, 0.3) is 0 Å². The number of rotatable bonds is 5. The summed E-state index contributed by atoms with van der Waals surface area (Å²) in [5, 5.41) is 14.7. The van der Waals surface area contributed by atoms with Crippen molar-refractivity contribution in [1.29, 1.82) is 5.26 Å². The molecule has 2 atom stereocenters. The highest BCUT2D eigenvalue weighted by Gasteiger charge is 2.40. The number of halogens is 2. The number of amides is 1. The van der Waals surface area contributed by atoms with Gasteiger partial charge in [-0.3, -0.25) is 4.79 Å². The topological polar surface area (TPSA) is 104 Å². The van der Waals surface area contributed by atoms with E-state index in [0.717, 1.165) is 12.5 Å². The van der Waals surface area contributed by atoms with E-state index in [9.17, 15) is 13.6 Å². The van der Waals surface area contributed by atoms with E-state index < -0.39 is 11.7 Å². The minimum absolute atomic E-state index is 0.00592. The van der Waals surface area contributed by atoms with Gasteiger partial charge in [0.25, 0.3) is 0 Å². The van der Waals surface area contributed by atoms with Crippen molar-refractivity contribution in [2.45, 2.75) is 39.0 Å². The minimum Gasteiger partial charge on any atom is -0.340 e. The van der Waals surface area contributed by atoms with Gasteiger partial charge in [0.15, 0.2) is 0 Å². The minimum atomic E-state index is -3.17. The van der Waals surface area contributed by atoms with Crippen LogP contribution in [-0.2, 0) is 10.7 Å². The van der Waals surface area contributed by atoms with Gasteiger partial charge < -0.3 is 10.6 Å². The van der Waals surface area contributed by atoms with E-state index in [0.29, 0.717) is 23.6 Å². The van der Waals surface area contributed by atoms with Crippen LogP contribution in [0.2, 0.25) is 0 Å². The molecule has 2 heterocycles. The third-order valence-electron chi connectivity index (χ3n) is 4.10. The molecule has 1 aliphatic carbocycles. The molecular weight excluding hydrogens is 354 g/mol. The third-order valence-corrected chi connectivity index (χ3v) is 4.10. The molecule has 1 saturated carbocycles. The van der Waals surface area contributed by atoms with E-state index in [1.807, 2.05) is 0 Å². The second kappa shape index (κ2) is 6.87. The van der Waals surface area contributed by atoms with Gasteiger partial charge in [0.2, 0.25) is 11.7 Å². The summed E-state index contributed by atoms with van der Waals surface area (Å²) in [4.78, 5) is 23.2. The Hall–Kier alpha value is -3.15. The van der Waals surface area contributed by atoms with Crippen LogP contribution in [0.5, 0.6) is 0 Å². The first-order valence-corrected chi connectivity index (χ1v) is 8.35. The summed E-state index contributed by atoms with van der Waals surface area (Å²) < 4.78 is 27.3. The van der Waals surface area contributed by atoms with Crippen molar-refractivity contribution < 1.29 is 13.6 Å². The van der Waals surface area contributed by atoms with E-state index in [1.54, 1.807) is 25.3 Å². The fourth-order valence-corrected chi connectivity index (χ4v) is 2.77. The van der Waals surface area contributed by atoms with Gasteiger partial charge in [-0.15, -0.1) is 0 Å². The number of aromatic nitrogens is 3. The molecule has 0 unspecified atom stereocenters. The smallest absolute Gasteiger partial charge is 0.303 e. The Bertz CT molecular complexity index is 934. The molecule has 1 aliphatic rings. The number of nitrogens with zero attached hydrogens (tertiary/aromatic N) is 4. The Kier molecular flexibility index (Phi) is 4.74. The highest BCUT2D eigenvalue weighted by atomic mass is 19.3. The average molecular weight is 372 g/mol. The van der Waals surface area contributed by atoms with Gasteiger partial charge in [-0.25, -0.2) is 15.0 Å². The van der Waals surface area contributed by atoms with Crippen LogP contribution in [0.15, 0.2) is 18.3 Å². The molecule has 0 spiro atoms. The van der Waals surface area contributed by atoms with Crippen LogP contribution in [0, 0.1) is 24.2 Å². The third kappa shape index (κ3) is 4.34. The Morgan fingerprint density at radius 2 is 2.07 bits per heavy atom. The van der Waals surface area contributed by atoms with Crippen LogP contribution in [0.1, 0.15) is 43.3 Å². The number of pyridine rings is 1. The predicted molar refractivity (Wildman–Crippen MR) is 94.6 cm³/mol. The zero-order chi connectivity index (χ0) is 19.8. The van der Waals surface area contributed by atoms with Crippen molar-refractivity contribution in [3.05, 3.63) is 35.4 Å². The van der Waals surface area contributed by atoms with Crippen LogP contribution >= 0.6 is 0 Å². The lowest BCUT2D eigenvalue weighted by atomic mass is 10.1. The summed E-state index contributed by atoms with van der Waals surface area (Å²) >= 11 is 0. The maximum atomic E-state index is 13.6. The number of aryl methyl sites for hydroxylation is 1. The molecule has 27 heavy (non-hydrogen) atoms. The maximum absolute atomic E-state index is 13.6. The van der Waals surface area contributed by atoms with Gasteiger partial charge in [-0.2, -0.15) is 14.0 Å². The first-order chi connectivity index (χ1) is 12.7. The average Bonchev–Trinajstić information content (AvgIpc) is 3.32. The Morgan fingerprint density at radius 3 is 2.67 bits per heavy atom. The van der Waals surface area contributed by atoms with E-state index in [4.69, 9.17) is 5.26 Å². The van der Waals surface area contributed by atoms with Gasteiger partial charge >= 0.3 is 5.92 Å². The summed E-state index contributed by atoms with van der Waals surface area (Å²) in [5.41, 5.74) is 1.72. The van der Waals surface area contributed by atoms with Gasteiger partial charge in [-0.05, 0) is 18.9 Å². The number of anilines is 3. The Balaban J connectivity index is 1.98. The van der Waals surface area contributed by atoms with Crippen molar-refractivity contribution in [2.75, 3.05) is 10.6 Å². The maximum Gasteiger partial charge on any atom is 0.303 e. The molecule has 0 saturated heterocycles. The molecule has 2 N–H and O–H groups in total. The molecule has 0 aliphatic heterocycles. The lowest BCUT2D eigenvalue weighted by Crippen LogP contribution is -2.15. The molecule has 0 aromatic carbocycles. The molecule has 2 aromatic heterocycles. The first kappa shape index (κ1) is 18.6. The SMILES string of the molecule is CC(=O)Nc1cc(Nc2cc(C)nc(C(C)(F)F)n2)c([C@@H]2C[C@@H]2C#N)cn1. The summed E-state index contributed by atoms with van der Waals surface area (Å²) in [6.07, 6.45) is 2.28. The monoisotopic (exact) mass is 372 g/mol. The van der Waals surface area contributed by atoms with Crippen LogP contribution in [0.4, 0.5) is 26.1 Å². The number of nitrogens with one attached hydrogen (secondary N) is 2. The standard InChI is InChI=1S/C18H18F2N6O/c1-9-4-16(26-17(23-9)18(3,19)20)25-14-6-15(24-10(2)27)22-8-13(14)12-5-11(12)7-21/h4,6,8,11-12H,5H2,1-3H3,(H2,22,23,24,25,26,27)/t11-,12-/m1/s1. The fraction of sp³-hybridized carbons (Fsp3) is 0.389. The number of nitriles is 1. The summed E-state index contributed by atoms with van der Waals surface area (Å²) in [5.74, 6) is -3.62. The van der Waals surface area contributed by atoms with Crippen LogP contribution < -0.4 is 10.6 Å². The van der Waals surface area contributed by atoms with E-state index >= 15 is 0 Å². The Morgan fingerprint density at radius 1 is 1.33 bits per heavy atom. The van der Waals surface area contributed by atoms with Crippen molar-refractivity contribution >= 4 is 23.2 Å². The quantitative estimate of drug-likeness (QED) is 0.831. The van der Waals surface area contributed by atoms with Crippen molar-refractivity contribution in [3.63, 3.8) is 0 Å². The molecule has 9 heteroatoms. The lowest BCUT2D eigenvalue weighted by Gasteiger charge is -2.15. The molecule has 7 nitrogen and oxygen atoms in total.